The predicted octanol–water partition coefficient (Wildman–Crippen LogP) is 4.95. The lowest BCUT2D eigenvalue weighted by Gasteiger charge is -2.22. The first-order valence-electron chi connectivity index (χ1n) is 10.3. The smallest absolute Gasteiger partial charge is 0.337 e. The fraction of sp³-hybridized carbons (Fsp3) is 0.160. The molecule has 1 heterocycles. The molecule has 0 unspecified atom stereocenters. The van der Waals surface area contributed by atoms with Crippen LogP contribution in [0.1, 0.15) is 31.8 Å². The number of anilines is 1. The van der Waals surface area contributed by atoms with Crippen molar-refractivity contribution in [3.05, 3.63) is 89.0 Å². The SMILES string of the molecule is COc1ccc(CCN(Cc2ccc(C(=O)O)cc2)c2nc3cccc(C(=O)O)c3s2)cc1. The van der Waals surface area contributed by atoms with E-state index in [1.807, 2.05) is 30.3 Å². The molecule has 0 saturated carbocycles. The number of benzene rings is 3. The van der Waals surface area contributed by atoms with Gasteiger partial charge >= 0.3 is 11.9 Å². The van der Waals surface area contributed by atoms with Crippen LogP contribution in [0.3, 0.4) is 0 Å². The molecule has 2 N–H and O–H groups in total. The number of carboxylic acid groups (broad SMARTS) is 2. The zero-order valence-electron chi connectivity index (χ0n) is 17.9. The van der Waals surface area contributed by atoms with E-state index in [2.05, 4.69) is 4.90 Å². The molecular weight excluding hydrogens is 440 g/mol. The van der Waals surface area contributed by atoms with Crippen LogP contribution in [0.25, 0.3) is 10.2 Å². The number of carboxylic acids is 2. The van der Waals surface area contributed by atoms with Gasteiger partial charge in [0.05, 0.1) is 28.5 Å². The Morgan fingerprint density at radius 2 is 1.64 bits per heavy atom. The predicted molar refractivity (Wildman–Crippen MR) is 128 cm³/mol. The summed E-state index contributed by atoms with van der Waals surface area (Å²) >= 11 is 1.35. The average Bonchev–Trinajstić information content (AvgIpc) is 3.26. The van der Waals surface area contributed by atoms with Crippen LogP contribution in [0.2, 0.25) is 0 Å². The average molecular weight is 463 g/mol. The van der Waals surface area contributed by atoms with Gasteiger partial charge in [-0.1, -0.05) is 41.7 Å². The number of carbonyl (C=O) groups is 2. The van der Waals surface area contributed by atoms with E-state index < -0.39 is 11.9 Å². The third-order valence-electron chi connectivity index (χ3n) is 5.31. The summed E-state index contributed by atoms with van der Waals surface area (Å²) in [5.74, 6) is -1.16. The number of aromatic nitrogens is 1. The Morgan fingerprint density at radius 1 is 0.939 bits per heavy atom. The summed E-state index contributed by atoms with van der Waals surface area (Å²) in [6.45, 7) is 1.16. The molecule has 0 saturated heterocycles. The molecule has 0 spiro atoms. The van der Waals surface area contributed by atoms with Crippen LogP contribution in [0, 0.1) is 0 Å². The van der Waals surface area contributed by atoms with Crippen LogP contribution in [-0.4, -0.2) is 40.8 Å². The van der Waals surface area contributed by atoms with Gasteiger partial charge in [-0.15, -0.1) is 0 Å². The van der Waals surface area contributed by atoms with Crippen LogP contribution in [0.4, 0.5) is 5.13 Å². The third-order valence-corrected chi connectivity index (χ3v) is 6.47. The van der Waals surface area contributed by atoms with Crippen molar-refractivity contribution in [3.63, 3.8) is 0 Å². The summed E-state index contributed by atoms with van der Waals surface area (Å²) in [7, 11) is 1.63. The van der Waals surface area contributed by atoms with Gasteiger partial charge in [-0.2, -0.15) is 0 Å². The maximum atomic E-state index is 11.6. The third kappa shape index (κ3) is 5.12. The molecule has 0 amide bonds. The highest BCUT2D eigenvalue weighted by atomic mass is 32.1. The van der Waals surface area contributed by atoms with Crippen LogP contribution in [-0.2, 0) is 13.0 Å². The molecule has 33 heavy (non-hydrogen) atoms. The molecule has 1 aromatic heterocycles. The molecule has 4 aromatic rings. The van der Waals surface area contributed by atoms with Gasteiger partial charge in [0.15, 0.2) is 5.13 Å². The highest BCUT2D eigenvalue weighted by Crippen LogP contribution is 2.32. The standard InChI is InChI=1S/C25H22N2O5S/c1-32-19-11-7-16(8-12-19)13-14-27(15-17-5-9-18(10-6-17)23(28)29)25-26-21-4-2-3-20(24(30)31)22(21)33-25/h2-12H,13-15H2,1H3,(H,28,29)(H,30,31). The Kier molecular flexibility index (Phi) is 6.55. The normalized spacial score (nSPS) is 10.8. The molecule has 0 aliphatic rings. The fourth-order valence-corrected chi connectivity index (χ4v) is 4.61. The summed E-state index contributed by atoms with van der Waals surface area (Å²) in [5.41, 5.74) is 3.18. The Bertz CT molecular complexity index is 1280. The van der Waals surface area contributed by atoms with E-state index in [1.165, 1.54) is 11.3 Å². The van der Waals surface area contributed by atoms with Crippen molar-refractivity contribution in [1.82, 2.24) is 4.98 Å². The van der Waals surface area contributed by atoms with Crippen molar-refractivity contribution in [3.8, 4) is 5.75 Å². The number of fused-ring (bicyclic) bond motifs is 1. The first-order valence-corrected chi connectivity index (χ1v) is 11.1. The van der Waals surface area contributed by atoms with Crippen LogP contribution in [0.15, 0.2) is 66.7 Å². The van der Waals surface area contributed by atoms with E-state index in [0.29, 0.717) is 23.3 Å². The molecule has 0 aliphatic heterocycles. The van der Waals surface area contributed by atoms with Gasteiger partial charge in [0.25, 0.3) is 0 Å². The molecule has 168 valence electrons. The second-order valence-corrected chi connectivity index (χ2v) is 8.45. The summed E-state index contributed by atoms with van der Waals surface area (Å²) < 4.78 is 5.86. The fourth-order valence-electron chi connectivity index (χ4n) is 3.51. The number of thiazole rings is 1. The van der Waals surface area contributed by atoms with Gasteiger partial charge in [0, 0.05) is 13.1 Å². The number of nitrogens with zero attached hydrogens (tertiary/aromatic N) is 2. The summed E-state index contributed by atoms with van der Waals surface area (Å²) in [6, 6.07) is 19.7. The minimum Gasteiger partial charge on any atom is -0.497 e. The van der Waals surface area contributed by atoms with E-state index in [9.17, 15) is 14.7 Å². The van der Waals surface area contributed by atoms with Crippen LogP contribution in [0.5, 0.6) is 5.75 Å². The van der Waals surface area contributed by atoms with E-state index in [4.69, 9.17) is 14.8 Å². The molecular formula is C25H22N2O5S. The van der Waals surface area contributed by atoms with E-state index in [0.717, 1.165) is 28.4 Å². The summed E-state index contributed by atoms with van der Waals surface area (Å²) in [4.78, 5) is 29.6. The molecule has 8 heteroatoms. The van der Waals surface area contributed by atoms with Crippen molar-refractivity contribution < 1.29 is 24.5 Å². The largest absolute Gasteiger partial charge is 0.497 e. The van der Waals surface area contributed by atoms with Gasteiger partial charge in [-0.05, 0) is 53.9 Å². The second-order valence-electron chi connectivity index (χ2n) is 7.48. The number of aromatic carboxylic acids is 2. The second kappa shape index (κ2) is 9.70. The maximum absolute atomic E-state index is 11.6. The molecule has 0 fully saturated rings. The zero-order valence-corrected chi connectivity index (χ0v) is 18.7. The van der Waals surface area contributed by atoms with Gasteiger partial charge in [0.2, 0.25) is 0 Å². The number of hydrogen-bond acceptors (Lipinski definition) is 6. The van der Waals surface area contributed by atoms with Crippen molar-refractivity contribution in [2.24, 2.45) is 0 Å². The Balaban J connectivity index is 1.64. The molecule has 7 nitrogen and oxygen atoms in total. The summed E-state index contributed by atoms with van der Waals surface area (Å²) in [5, 5.41) is 19.4. The molecule has 0 radical (unpaired) electrons. The van der Waals surface area contributed by atoms with E-state index in [-0.39, 0.29) is 11.1 Å². The quantitative estimate of drug-likeness (QED) is 0.363. The minimum atomic E-state index is -0.982. The molecule has 0 aliphatic carbocycles. The molecule has 3 aromatic carbocycles. The van der Waals surface area contributed by atoms with Crippen molar-refractivity contribution in [2.45, 2.75) is 13.0 Å². The minimum absolute atomic E-state index is 0.231. The van der Waals surface area contributed by atoms with Gasteiger partial charge < -0.3 is 19.8 Å². The van der Waals surface area contributed by atoms with Gasteiger partial charge in [-0.3, -0.25) is 0 Å². The first-order chi connectivity index (χ1) is 15.9. The van der Waals surface area contributed by atoms with Crippen molar-refractivity contribution >= 4 is 38.6 Å². The highest BCUT2D eigenvalue weighted by Gasteiger charge is 2.17. The number of methoxy groups -OCH3 is 1. The van der Waals surface area contributed by atoms with Gasteiger partial charge in [-0.25, -0.2) is 14.6 Å². The topological polar surface area (TPSA) is 100.0 Å². The van der Waals surface area contributed by atoms with E-state index >= 15 is 0 Å². The van der Waals surface area contributed by atoms with Crippen LogP contribution >= 0.6 is 11.3 Å². The number of ether oxygens (including phenoxy) is 1. The Morgan fingerprint density at radius 3 is 2.27 bits per heavy atom. The highest BCUT2D eigenvalue weighted by molar-refractivity contribution is 7.22. The van der Waals surface area contributed by atoms with Crippen molar-refractivity contribution in [2.75, 3.05) is 18.6 Å². The molecule has 0 bridgehead atoms. The van der Waals surface area contributed by atoms with Gasteiger partial charge in [0.1, 0.15) is 5.75 Å². The van der Waals surface area contributed by atoms with Crippen LogP contribution < -0.4 is 9.64 Å². The van der Waals surface area contributed by atoms with E-state index in [1.54, 1.807) is 43.5 Å². The zero-order chi connectivity index (χ0) is 23.4. The Labute approximate surface area is 194 Å². The van der Waals surface area contributed by atoms with Crippen molar-refractivity contribution in [1.29, 1.82) is 0 Å². The molecule has 4 rings (SSSR count). The Hall–Kier alpha value is -3.91. The summed E-state index contributed by atoms with van der Waals surface area (Å²) in [6.07, 6.45) is 0.749. The first kappa shape index (κ1) is 22.3. The monoisotopic (exact) mass is 462 g/mol. The molecule has 0 atom stereocenters. The lowest BCUT2D eigenvalue weighted by Crippen LogP contribution is -2.25. The number of rotatable bonds is 9. The maximum Gasteiger partial charge on any atom is 0.337 e. The number of hydrogen-bond donors (Lipinski definition) is 2. The lowest BCUT2D eigenvalue weighted by atomic mass is 10.1. The lowest BCUT2D eigenvalue weighted by molar-refractivity contribution is 0.0687.